The monoisotopic (exact) mass is 543 g/mol. The van der Waals surface area contributed by atoms with Crippen LogP contribution >= 0.6 is 0 Å². The van der Waals surface area contributed by atoms with Crippen LogP contribution in [-0.2, 0) is 17.6 Å². The Morgan fingerprint density at radius 3 is 2.44 bits per heavy atom. The second-order valence-corrected chi connectivity index (χ2v) is 11.8. The minimum absolute atomic E-state index is 0.673. The number of benzene rings is 2. The van der Waals surface area contributed by atoms with Crippen molar-refractivity contribution in [3.8, 4) is 33.6 Å². The minimum Gasteiger partial charge on any atom is -0.384 e. The van der Waals surface area contributed by atoms with Crippen molar-refractivity contribution in [3.05, 3.63) is 89.7 Å². The first-order valence-corrected chi connectivity index (χ1v) is 14.9. The summed E-state index contributed by atoms with van der Waals surface area (Å²) in [6, 6.07) is 22.5. The summed E-state index contributed by atoms with van der Waals surface area (Å²) in [6.45, 7) is 5.38. The zero-order valence-corrected chi connectivity index (χ0v) is 23.9. The summed E-state index contributed by atoms with van der Waals surface area (Å²) in [5.74, 6) is 0.690. The van der Waals surface area contributed by atoms with Crippen LogP contribution in [0.5, 0.6) is 0 Å². The second-order valence-electron chi connectivity index (χ2n) is 11.8. The molecule has 0 radical (unpaired) electrons. The molecular formula is C35H37N5O. The standard InChI is InChI=1S/C35H37N5O/c1-23-4-3-16-36-33(23)26-6-8-27(9-7-26)34-32-19-30(20-37-35(32)39-38-34)29-10-5-25-11-13-31(14-12-28(25)18-29)40-17-15-24(21-40)22-41-2/h3-10,16,18-20,24,31H,11-15,17,21-22H2,1-2H3,(H,37,38,39)/t24-,31-/m0/s1. The lowest BCUT2D eigenvalue weighted by Crippen LogP contribution is -2.34. The van der Waals surface area contributed by atoms with Gasteiger partial charge in [-0.3, -0.25) is 15.0 Å². The van der Waals surface area contributed by atoms with Gasteiger partial charge in [0.1, 0.15) is 5.69 Å². The molecule has 208 valence electrons. The fourth-order valence-corrected chi connectivity index (χ4v) is 6.86. The lowest BCUT2D eigenvalue weighted by molar-refractivity contribution is 0.144. The summed E-state index contributed by atoms with van der Waals surface area (Å²) in [5, 5.41) is 8.83. The van der Waals surface area contributed by atoms with E-state index in [-0.39, 0.29) is 0 Å². The van der Waals surface area contributed by atoms with Crippen LogP contribution in [0.3, 0.4) is 0 Å². The average Bonchev–Trinajstić information content (AvgIpc) is 3.59. The Labute approximate surface area is 241 Å². The van der Waals surface area contributed by atoms with Gasteiger partial charge in [-0.1, -0.05) is 48.5 Å². The lowest BCUT2D eigenvalue weighted by Gasteiger charge is -2.26. The Hall–Kier alpha value is -3.87. The molecule has 1 saturated heterocycles. The number of aryl methyl sites for hydroxylation is 3. The first-order valence-electron chi connectivity index (χ1n) is 14.9. The van der Waals surface area contributed by atoms with Crippen LogP contribution < -0.4 is 0 Å². The predicted molar refractivity (Wildman–Crippen MR) is 165 cm³/mol. The number of hydrogen-bond acceptors (Lipinski definition) is 5. The summed E-state index contributed by atoms with van der Waals surface area (Å²) >= 11 is 0. The molecule has 0 unspecified atom stereocenters. The highest BCUT2D eigenvalue weighted by atomic mass is 16.5. The molecular weight excluding hydrogens is 506 g/mol. The number of methoxy groups -OCH3 is 1. The summed E-state index contributed by atoms with van der Waals surface area (Å²) in [4.78, 5) is 12.0. The van der Waals surface area contributed by atoms with Crippen LogP contribution in [0.25, 0.3) is 44.7 Å². The number of rotatable bonds is 6. The van der Waals surface area contributed by atoms with Gasteiger partial charge in [-0.25, -0.2) is 4.98 Å². The van der Waals surface area contributed by atoms with Crippen LogP contribution in [0.4, 0.5) is 0 Å². The van der Waals surface area contributed by atoms with Gasteiger partial charge in [0.25, 0.3) is 0 Å². The average molecular weight is 544 g/mol. The Bertz CT molecular complexity index is 1670. The van der Waals surface area contributed by atoms with Gasteiger partial charge in [0.05, 0.1) is 12.3 Å². The Kier molecular flexibility index (Phi) is 7.11. The van der Waals surface area contributed by atoms with E-state index >= 15 is 0 Å². The van der Waals surface area contributed by atoms with Gasteiger partial charge in [0, 0.05) is 54.2 Å². The normalized spacial score (nSPS) is 19.4. The SMILES string of the molecule is COC[C@H]1CCN([C@H]2CCc3ccc(-c4cnc5[nH]nc(-c6ccc(-c7ncccc7C)cc6)c5c4)cc3CC2)C1. The summed E-state index contributed by atoms with van der Waals surface area (Å²) in [7, 11) is 1.82. The van der Waals surface area contributed by atoms with E-state index in [1.165, 1.54) is 54.6 Å². The van der Waals surface area contributed by atoms with E-state index in [9.17, 15) is 0 Å². The van der Waals surface area contributed by atoms with Gasteiger partial charge in [-0.2, -0.15) is 5.10 Å². The van der Waals surface area contributed by atoms with Crippen molar-refractivity contribution in [2.24, 2.45) is 5.92 Å². The van der Waals surface area contributed by atoms with Gasteiger partial charge in [0.15, 0.2) is 5.65 Å². The van der Waals surface area contributed by atoms with Crippen molar-refractivity contribution >= 4 is 11.0 Å². The first-order chi connectivity index (χ1) is 20.2. The van der Waals surface area contributed by atoms with Gasteiger partial charge >= 0.3 is 0 Å². The molecule has 2 aliphatic rings. The highest BCUT2D eigenvalue weighted by molar-refractivity contribution is 5.93. The van der Waals surface area contributed by atoms with Crippen LogP contribution in [0, 0.1) is 12.8 Å². The molecule has 1 fully saturated rings. The summed E-state index contributed by atoms with van der Waals surface area (Å²) in [5.41, 5.74) is 11.4. The number of aromatic nitrogens is 4. The molecule has 0 spiro atoms. The maximum absolute atomic E-state index is 5.43. The van der Waals surface area contributed by atoms with Crippen LogP contribution in [0.2, 0.25) is 0 Å². The molecule has 0 bridgehead atoms. The maximum atomic E-state index is 5.43. The van der Waals surface area contributed by atoms with E-state index in [4.69, 9.17) is 9.72 Å². The number of H-pyrrole nitrogens is 1. The number of hydrogen-bond donors (Lipinski definition) is 1. The molecule has 2 aromatic carbocycles. The molecule has 2 atom stereocenters. The first kappa shape index (κ1) is 26.1. The molecule has 7 rings (SSSR count). The molecule has 0 amide bonds. The number of nitrogens with one attached hydrogen (secondary N) is 1. The van der Waals surface area contributed by atoms with Crippen molar-refractivity contribution in [2.45, 2.75) is 45.1 Å². The molecule has 1 aliphatic heterocycles. The molecule has 0 saturated carbocycles. The third-order valence-corrected chi connectivity index (χ3v) is 9.13. The third-order valence-electron chi connectivity index (χ3n) is 9.13. The predicted octanol–water partition coefficient (Wildman–Crippen LogP) is 6.88. The maximum Gasteiger partial charge on any atom is 0.155 e. The highest BCUT2D eigenvalue weighted by Crippen LogP contribution is 2.34. The van der Waals surface area contributed by atoms with Crippen molar-refractivity contribution in [3.63, 3.8) is 0 Å². The number of fused-ring (bicyclic) bond motifs is 2. The third kappa shape index (κ3) is 5.18. The van der Waals surface area contributed by atoms with Crippen molar-refractivity contribution < 1.29 is 4.74 Å². The topological polar surface area (TPSA) is 66.9 Å². The van der Waals surface area contributed by atoms with Crippen molar-refractivity contribution in [1.29, 1.82) is 0 Å². The van der Waals surface area contributed by atoms with Crippen LogP contribution in [0.15, 0.2) is 73.1 Å². The molecule has 5 aromatic rings. The number of aromatic amines is 1. The largest absolute Gasteiger partial charge is 0.384 e. The summed E-state index contributed by atoms with van der Waals surface area (Å²) < 4.78 is 5.43. The molecule has 41 heavy (non-hydrogen) atoms. The number of pyridine rings is 2. The molecule has 1 aliphatic carbocycles. The fourth-order valence-electron chi connectivity index (χ4n) is 6.86. The number of nitrogens with zero attached hydrogens (tertiary/aromatic N) is 4. The molecule has 3 aromatic heterocycles. The van der Waals surface area contributed by atoms with E-state index in [1.807, 2.05) is 25.6 Å². The number of ether oxygens (including phenoxy) is 1. The van der Waals surface area contributed by atoms with Gasteiger partial charge < -0.3 is 4.74 Å². The van der Waals surface area contributed by atoms with Gasteiger partial charge in [0.2, 0.25) is 0 Å². The molecule has 1 N–H and O–H groups in total. The minimum atomic E-state index is 0.673. The zero-order chi connectivity index (χ0) is 27.8. The second kappa shape index (κ2) is 11.2. The van der Waals surface area contributed by atoms with E-state index in [0.717, 1.165) is 58.6 Å². The van der Waals surface area contributed by atoms with Crippen LogP contribution in [-0.4, -0.2) is 57.9 Å². The molecule has 4 heterocycles. The van der Waals surface area contributed by atoms with Crippen LogP contribution in [0.1, 0.15) is 36.0 Å². The van der Waals surface area contributed by atoms with E-state index in [1.54, 1.807) is 0 Å². The van der Waals surface area contributed by atoms with Crippen molar-refractivity contribution in [1.82, 2.24) is 25.1 Å². The Balaban J connectivity index is 1.12. The van der Waals surface area contributed by atoms with Gasteiger partial charge in [-0.15, -0.1) is 0 Å². The molecule has 6 nitrogen and oxygen atoms in total. The smallest absolute Gasteiger partial charge is 0.155 e. The van der Waals surface area contributed by atoms with Gasteiger partial charge in [-0.05, 0) is 85.9 Å². The quantitative estimate of drug-likeness (QED) is 0.237. The molecule has 6 heteroatoms. The number of likely N-dealkylation sites (tertiary alicyclic amines) is 1. The zero-order valence-electron chi connectivity index (χ0n) is 23.9. The highest BCUT2D eigenvalue weighted by Gasteiger charge is 2.29. The lowest BCUT2D eigenvalue weighted by atomic mass is 9.96. The Morgan fingerprint density at radius 2 is 1.63 bits per heavy atom. The summed E-state index contributed by atoms with van der Waals surface area (Å²) in [6.07, 6.45) is 9.85. The van der Waals surface area contributed by atoms with E-state index in [2.05, 4.69) is 81.6 Å². The van der Waals surface area contributed by atoms with E-state index < -0.39 is 0 Å². The fraction of sp³-hybridized carbons (Fsp3) is 0.343. The van der Waals surface area contributed by atoms with E-state index in [0.29, 0.717) is 12.0 Å². The van der Waals surface area contributed by atoms with Crippen molar-refractivity contribution in [2.75, 3.05) is 26.8 Å². The Morgan fingerprint density at radius 1 is 0.854 bits per heavy atom.